The van der Waals surface area contributed by atoms with E-state index >= 15 is 0 Å². The van der Waals surface area contributed by atoms with Gasteiger partial charge in [-0.15, -0.1) is 11.3 Å². The van der Waals surface area contributed by atoms with Crippen LogP contribution >= 0.6 is 23.1 Å². The molecule has 0 aliphatic carbocycles. The molecule has 0 bridgehead atoms. The van der Waals surface area contributed by atoms with E-state index in [1.165, 1.54) is 23.1 Å². The zero-order valence-electron chi connectivity index (χ0n) is 17.1. The van der Waals surface area contributed by atoms with Crippen LogP contribution in [0.2, 0.25) is 0 Å². The number of nitriles is 1. The lowest BCUT2D eigenvalue weighted by molar-refractivity contribution is -0.136. The van der Waals surface area contributed by atoms with Gasteiger partial charge in [-0.05, 0) is 35.4 Å². The fraction of sp³-hybridized carbons (Fsp3) is 0.0800. The highest BCUT2D eigenvalue weighted by Gasteiger charge is 2.25. The summed E-state index contributed by atoms with van der Waals surface area (Å²) in [4.78, 5) is 17.2. The average Bonchev–Trinajstić information content (AvgIpc) is 3.27. The van der Waals surface area contributed by atoms with Crippen LogP contribution in [0.1, 0.15) is 16.4 Å². The number of hydrogen-bond acceptors (Lipinski definition) is 6. The van der Waals surface area contributed by atoms with Gasteiger partial charge in [-0.2, -0.15) is 5.26 Å². The normalized spacial score (nSPS) is 11.5. The minimum atomic E-state index is -0.941. The minimum Gasteiger partial charge on any atom is -0.497 e. The molecule has 0 saturated carbocycles. The number of benzene rings is 2. The molecule has 4 rings (SSSR count). The standard InChI is InChI=1S/C25H18N2O3S2/c1-30-18-11-9-16(10-12-18)21-15-31-23(20(21)14-26)19-8-5-13-27-24(19)32-22(25(28)29)17-6-3-2-4-7-17/h2-13,15,22H,1H3,(H,28,29). The van der Waals surface area contributed by atoms with E-state index in [0.29, 0.717) is 16.2 Å². The number of thiophene rings is 1. The van der Waals surface area contributed by atoms with Crippen LogP contribution in [0.25, 0.3) is 21.6 Å². The van der Waals surface area contributed by atoms with Gasteiger partial charge in [-0.3, -0.25) is 4.79 Å². The predicted octanol–water partition coefficient (Wildman–Crippen LogP) is 6.28. The number of nitrogens with zero attached hydrogens (tertiary/aromatic N) is 2. The molecule has 158 valence electrons. The van der Waals surface area contributed by atoms with Crippen molar-refractivity contribution in [2.45, 2.75) is 10.3 Å². The van der Waals surface area contributed by atoms with Gasteiger partial charge in [0, 0.05) is 22.7 Å². The van der Waals surface area contributed by atoms with E-state index < -0.39 is 11.2 Å². The molecule has 0 amide bonds. The van der Waals surface area contributed by atoms with Crippen LogP contribution in [0, 0.1) is 11.3 Å². The third kappa shape index (κ3) is 4.37. The maximum Gasteiger partial charge on any atom is 0.321 e. The van der Waals surface area contributed by atoms with Gasteiger partial charge in [-0.1, -0.05) is 54.2 Å². The zero-order chi connectivity index (χ0) is 22.5. The van der Waals surface area contributed by atoms with Crippen LogP contribution in [0.4, 0.5) is 0 Å². The molecule has 1 atom stereocenters. The van der Waals surface area contributed by atoms with Gasteiger partial charge in [0.05, 0.1) is 17.6 Å². The molecular formula is C25H18N2O3S2. The molecule has 0 spiro atoms. The topological polar surface area (TPSA) is 83.2 Å². The number of carbonyl (C=O) groups is 1. The summed E-state index contributed by atoms with van der Waals surface area (Å²) in [5, 5.41) is 21.5. The van der Waals surface area contributed by atoms with Gasteiger partial charge in [-0.25, -0.2) is 4.98 Å². The first kappa shape index (κ1) is 21.6. The fourth-order valence-corrected chi connectivity index (χ4v) is 5.46. The average molecular weight is 459 g/mol. The monoisotopic (exact) mass is 458 g/mol. The maximum absolute atomic E-state index is 12.0. The van der Waals surface area contributed by atoms with Crippen molar-refractivity contribution in [1.82, 2.24) is 4.98 Å². The molecule has 5 nitrogen and oxygen atoms in total. The van der Waals surface area contributed by atoms with Crippen LogP contribution in [-0.2, 0) is 4.79 Å². The lowest BCUT2D eigenvalue weighted by Gasteiger charge is -2.14. The molecule has 1 unspecified atom stereocenters. The second kappa shape index (κ2) is 9.69. The zero-order valence-corrected chi connectivity index (χ0v) is 18.7. The van der Waals surface area contributed by atoms with E-state index in [4.69, 9.17) is 4.74 Å². The Kier molecular flexibility index (Phi) is 6.55. The van der Waals surface area contributed by atoms with E-state index in [0.717, 1.165) is 27.3 Å². The van der Waals surface area contributed by atoms with Crippen LogP contribution < -0.4 is 4.74 Å². The van der Waals surface area contributed by atoms with E-state index in [1.54, 1.807) is 31.5 Å². The number of carboxylic acid groups (broad SMARTS) is 1. The summed E-state index contributed by atoms with van der Waals surface area (Å²) in [6.45, 7) is 0. The Hall–Kier alpha value is -3.60. The van der Waals surface area contributed by atoms with E-state index in [1.807, 2.05) is 53.9 Å². The van der Waals surface area contributed by atoms with Gasteiger partial charge < -0.3 is 9.84 Å². The third-order valence-electron chi connectivity index (χ3n) is 4.88. The Morgan fingerprint density at radius 2 is 1.84 bits per heavy atom. The molecule has 2 heterocycles. The molecule has 2 aromatic heterocycles. The van der Waals surface area contributed by atoms with E-state index in [2.05, 4.69) is 11.1 Å². The first-order valence-corrected chi connectivity index (χ1v) is 11.4. The molecule has 1 N–H and O–H groups in total. The van der Waals surface area contributed by atoms with Gasteiger partial charge in [0.2, 0.25) is 0 Å². The summed E-state index contributed by atoms with van der Waals surface area (Å²) >= 11 is 2.62. The lowest BCUT2D eigenvalue weighted by atomic mass is 10.0. The van der Waals surface area contributed by atoms with Crippen molar-refractivity contribution in [3.8, 4) is 33.4 Å². The highest BCUT2D eigenvalue weighted by atomic mass is 32.2. The summed E-state index contributed by atoms with van der Waals surface area (Å²) in [6, 6.07) is 22.6. The van der Waals surface area contributed by atoms with Crippen molar-refractivity contribution in [2.75, 3.05) is 7.11 Å². The van der Waals surface area contributed by atoms with Crippen LogP contribution in [-0.4, -0.2) is 23.2 Å². The van der Waals surface area contributed by atoms with Crippen molar-refractivity contribution < 1.29 is 14.6 Å². The SMILES string of the molecule is COc1ccc(-c2csc(-c3cccnc3SC(C(=O)O)c3ccccc3)c2C#N)cc1. The van der Waals surface area contributed by atoms with Gasteiger partial charge in [0.15, 0.2) is 0 Å². The van der Waals surface area contributed by atoms with Crippen molar-refractivity contribution in [3.05, 3.63) is 89.4 Å². The Bertz CT molecular complexity index is 1280. The number of ether oxygens (including phenoxy) is 1. The summed E-state index contributed by atoms with van der Waals surface area (Å²) in [7, 11) is 1.61. The highest BCUT2D eigenvalue weighted by Crippen LogP contribution is 2.44. The third-order valence-corrected chi connectivity index (χ3v) is 7.15. The summed E-state index contributed by atoms with van der Waals surface area (Å²) in [5.74, 6) is -0.197. The Balaban J connectivity index is 1.75. The number of aliphatic carboxylic acids is 1. The Morgan fingerprint density at radius 3 is 2.50 bits per heavy atom. The molecule has 0 fully saturated rings. The van der Waals surface area contributed by atoms with Gasteiger partial charge >= 0.3 is 5.97 Å². The van der Waals surface area contributed by atoms with E-state index in [-0.39, 0.29) is 0 Å². The van der Waals surface area contributed by atoms with Crippen molar-refractivity contribution >= 4 is 29.1 Å². The summed E-state index contributed by atoms with van der Waals surface area (Å²) < 4.78 is 5.22. The molecule has 0 aliphatic heterocycles. The molecular weight excluding hydrogens is 440 g/mol. The van der Waals surface area contributed by atoms with Gasteiger partial charge in [0.1, 0.15) is 22.1 Å². The number of aromatic nitrogens is 1. The summed E-state index contributed by atoms with van der Waals surface area (Å²) in [6.07, 6.45) is 1.64. The Morgan fingerprint density at radius 1 is 1.09 bits per heavy atom. The molecule has 7 heteroatoms. The summed E-state index contributed by atoms with van der Waals surface area (Å²) in [5.41, 5.74) is 3.72. The number of rotatable bonds is 7. The number of methoxy groups -OCH3 is 1. The van der Waals surface area contributed by atoms with Crippen molar-refractivity contribution in [3.63, 3.8) is 0 Å². The van der Waals surface area contributed by atoms with Gasteiger partial charge in [0.25, 0.3) is 0 Å². The highest BCUT2D eigenvalue weighted by molar-refractivity contribution is 8.00. The maximum atomic E-state index is 12.0. The number of hydrogen-bond donors (Lipinski definition) is 1. The van der Waals surface area contributed by atoms with Crippen LogP contribution in [0.15, 0.2) is 83.3 Å². The van der Waals surface area contributed by atoms with E-state index in [9.17, 15) is 15.2 Å². The number of carboxylic acids is 1. The van der Waals surface area contributed by atoms with Crippen molar-refractivity contribution in [2.24, 2.45) is 0 Å². The predicted molar refractivity (Wildman–Crippen MR) is 127 cm³/mol. The fourth-order valence-electron chi connectivity index (χ4n) is 3.31. The van der Waals surface area contributed by atoms with Crippen LogP contribution in [0.3, 0.4) is 0 Å². The molecule has 0 saturated heterocycles. The second-order valence-corrected chi connectivity index (χ2v) is 8.77. The molecule has 0 aliphatic rings. The molecule has 0 radical (unpaired) electrons. The lowest BCUT2D eigenvalue weighted by Crippen LogP contribution is -2.08. The van der Waals surface area contributed by atoms with Crippen LogP contribution in [0.5, 0.6) is 5.75 Å². The first-order chi connectivity index (χ1) is 15.6. The second-order valence-electron chi connectivity index (χ2n) is 6.80. The largest absolute Gasteiger partial charge is 0.497 e. The Labute approximate surface area is 194 Å². The number of thioether (sulfide) groups is 1. The first-order valence-electron chi connectivity index (χ1n) is 9.68. The van der Waals surface area contributed by atoms with Crippen molar-refractivity contribution in [1.29, 1.82) is 5.26 Å². The number of pyridine rings is 1. The quantitative estimate of drug-likeness (QED) is 0.328. The molecule has 2 aromatic carbocycles. The molecule has 4 aromatic rings. The molecule has 32 heavy (non-hydrogen) atoms. The minimum absolute atomic E-state index is 0.543. The smallest absolute Gasteiger partial charge is 0.321 e.